The van der Waals surface area contributed by atoms with Crippen LogP contribution in [0.3, 0.4) is 0 Å². The summed E-state index contributed by atoms with van der Waals surface area (Å²) in [5.41, 5.74) is 1.62. The topological polar surface area (TPSA) is 77.1 Å². The van der Waals surface area contributed by atoms with E-state index in [0.717, 1.165) is 4.90 Å². The molecule has 0 spiro atoms. The van der Waals surface area contributed by atoms with Gasteiger partial charge in [-0.25, -0.2) is 4.90 Å². The molecule has 0 aliphatic carbocycles. The highest BCUT2D eigenvalue weighted by Crippen LogP contribution is 2.39. The Morgan fingerprint density at radius 2 is 1.48 bits per heavy atom. The van der Waals surface area contributed by atoms with Crippen molar-refractivity contribution in [3.8, 4) is 17.2 Å². The van der Waals surface area contributed by atoms with E-state index in [1.54, 1.807) is 66.7 Å². The summed E-state index contributed by atoms with van der Waals surface area (Å²) in [6, 6.07) is 18.6. The highest BCUT2D eigenvalue weighted by molar-refractivity contribution is 6.46. The molecular formula is C25H21ClN2O5. The molecule has 0 bridgehead atoms. The van der Waals surface area contributed by atoms with Crippen LogP contribution in [0.2, 0.25) is 5.02 Å². The molecule has 2 amide bonds. The Labute approximate surface area is 196 Å². The molecule has 0 saturated carbocycles. The number of anilines is 2. The zero-order valence-electron chi connectivity index (χ0n) is 18.2. The molecule has 1 aliphatic rings. The molecule has 1 heterocycles. The minimum Gasteiger partial charge on any atom is -0.497 e. The number of nitrogens with zero attached hydrogens (tertiary/aromatic N) is 1. The average molecular weight is 465 g/mol. The van der Waals surface area contributed by atoms with Gasteiger partial charge in [0.25, 0.3) is 11.8 Å². The van der Waals surface area contributed by atoms with E-state index in [0.29, 0.717) is 39.2 Å². The number of methoxy groups -OCH3 is 3. The number of ether oxygens (including phenoxy) is 3. The molecule has 168 valence electrons. The minimum absolute atomic E-state index is 0.0889. The number of imide groups is 1. The van der Waals surface area contributed by atoms with E-state index in [9.17, 15) is 9.59 Å². The van der Waals surface area contributed by atoms with Gasteiger partial charge in [0.1, 0.15) is 22.9 Å². The van der Waals surface area contributed by atoms with Gasteiger partial charge in [0, 0.05) is 16.7 Å². The highest BCUT2D eigenvalue weighted by Gasteiger charge is 2.41. The van der Waals surface area contributed by atoms with Gasteiger partial charge in [-0.05, 0) is 42.5 Å². The zero-order chi connectivity index (χ0) is 23.5. The van der Waals surface area contributed by atoms with Gasteiger partial charge in [-0.2, -0.15) is 0 Å². The first-order valence-corrected chi connectivity index (χ1v) is 10.4. The van der Waals surface area contributed by atoms with Crippen LogP contribution in [0.4, 0.5) is 11.4 Å². The van der Waals surface area contributed by atoms with Gasteiger partial charge in [0.05, 0.1) is 38.3 Å². The maximum atomic E-state index is 13.6. The smallest absolute Gasteiger partial charge is 0.282 e. The molecule has 7 nitrogen and oxygen atoms in total. The Balaban J connectivity index is 1.89. The van der Waals surface area contributed by atoms with Crippen LogP contribution in [0.5, 0.6) is 17.2 Å². The average Bonchev–Trinajstić information content (AvgIpc) is 3.08. The molecule has 3 aromatic carbocycles. The third kappa shape index (κ3) is 4.10. The Kier molecular flexibility index (Phi) is 6.24. The number of nitrogens with one attached hydrogen (secondary N) is 1. The number of amides is 2. The predicted octanol–water partition coefficient (Wildman–Crippen LogP) is 4.76. The molecule has 0 radical (unpaired) electrons. The number of hydrogen-bond donors (Lipinski definition) is 1. The molecule has 1 N–H and O–H groups in total. The SMILES string of the molecule is COc1ccc(OC)c(NC2=C(c3ccccc3OC)C(=O)N(c3ccc(Cl)cc3)C2=O)c1. The summed E-state index contributed by atoms with van der Waals surface area (Å²) >= 11 is 6.00. The Morgan fingerprint density at radius 1 is 0.788 bits per heavy atom. The molecule has 1 aliphatic heterocycles. The summed E-state index contributed by atoms with van der Waals surface area (Å²) in [6.45, 7) is 0. The summed E-state index contributed by atoms with van der Waals surface area (Å²) in [5, 5.41) is 3.60. The van der Waals surface area contributed by atoms with E-state index >= 15 is 0 Å². The quantitative estimate of drug-likeness (QED) is 0.508. The van der Waals surface area contributed by atoms with Crippen LogP contribution < -0.4 is 24.4 Å². The van der Waals surface area contributed by atoms with Crippen molar-refractivity contribution in [1.82, 2.24) is 0 Å². The standard InChI is InChI=1S/C25H21ClN2O5/c1-31-17-12-13-21(33-3)19(14-17)27-23-22(18-6-4-5-7-20(18)32-2)24(29)28(25(23)30)16-10-8-15(26)9-11-16/h4-14,27H,1-3H3. The monoisotopic (exact) mass is 464 g/mol. The number of para-hydroxylation sites is 1. The Morgan fingerprint density at radius 3 is 2.15 bits per heavy atom. The minimum atomic E-state index is -0.520. The van der Waals surface area contributed by atoms with E-state index in [1.165, 1.54) is 21.3 Å². The second-order valence-electron chi connectivity index (χ2n) is 7.06. The number of benzene rings is 3. The van der Waals surface area contributed by atoms with Crippen molar-refractivity contribution in [2.24, 2.45) is 0 Å². The van der Waals surface area contributed by atoms with Crippen LogP contribution in [0.15, 0.2) is 72.4 Å². The van der Waals surface area contributed by atoms with Crippen molar-refractivity contribution in [1.29, 1.82) is 0 Å². The van der Waals surface area contributed by atoms with E-state index in [4.69, 9.17) is 25.8 Å². The lowest BCUT2D eigenvalue weighted by molar-refractivity contribution is -0.120. The molecule has 0 fully saturated rings. The molecule has 0 saturated heterocycles. The fourth-order valence-electron chi connectivity index (χ4n) is 3.62. The fourth-order valence-corrected chi connectivity index (χ4v) is 3.74. The fraction of sp³-hybridized carbons (Fsp3) is 0.120. The summed E-state index contributed by atoms with van der Waals surface area (Å²) < 4.78 is 16.2. The molecule has 0 aromatic heterocycles. The van der Waals surface area contributed by atoms with Gasteiger partial charge >= 0.3 is 0 Å². The lowest BCUT2D eigenvalue weighted by atomic mass is 10.0. The number of hydrogen-bond acceptors (Lipinski definition) is 6. The van der Waals surface area contributed by atoms with Gasteiger partial charge < -0.3 is 19.5 Å². The number of halogens is 1. The Hall–Kier alpha value is -3.97. The maximum absolute atomic E-state index is 13.6. The van der Waals surface area contributed by atoms with Crippen molar-refractivity contribution in [2.45, 2.75) is 0 Å². The van der Waals surface area contributed by atoms with Crippen LogP contribution in [-0.2, 0) is 9.59 Å². The van der Waals surface area contributed by atoms with E-state index in [2.05, 4.69) is 5.32 Å². The van der Waals surface area contributed by atoms with Crippen LogP contribution in [0.1, 0.15) is 5.56 Å². The van der Waals surface area contributed by atoms with Crippen LogP contribution in [-0.4, -0.2) is 33.1 Å². The Bertz CT molecular complexity index is 1250. The van der Waals surface area contributed by atoms with Crippen LogP contribution >= 0.6 is 11.6 Å². The first-order valence-electron chi connectivity index (χ1n) is 9.99. The third-order valence-electron chi connectivity index (χ3n) is 5.21. The van der Waals surface area contributed by atoms with Gasteiger partial charge in [0.15, 0.2) is 0 Å². The third-order valence-corrected chi connectivity index (χ3v) is 5.46. The molecular weight excluding hydrogens is 444 g/mol. The predicted molar refractivity (Wildman–Crippen MR) is 127 cm³/mol. The van der Waals surface area contributed by atoms with Crippen molar-refractivity contribution in [2.75, 3.05) is 31.5 Å². The largest absolute Gasteiger partial charge is 0.497 e. The second kappa shape index (κ2) is 9.26. The van der Waals surface area contributed by atoms with Gasteiger partial charge in [0.2, 0.25) is 0 Å². The molecule has 8 heteroatoms. The van der Waals surface area contributed by atoms with E-state index in [-0.39, 0.29) is 11.3 Å². The molecule has 0 unspecified atom stereocenters. The van der Waals surface area contributed by atoms with Crippen LogP contribution in [0.25, 0.3) is 5.57 Å². The first-order chi connectivity index (χ1) is 16.0. The second-order valence-corrected chi connectivity index (χ2v) is 7.50. The number of rotatable bonds is 7. The normalized spacial score (nSPS) is 13.4. The van der Waals surface area contributed by atoms with E-state index in [1.807, 2.05) is 0 Å². The molecule has 4 rings (SSSR count). The highest BCUT2D eigenvalue weighted by atomic mass is 35.5. The van der Waals surface area contributed by atoms with Gasteiger partial charge in [-0.15, -0.1) is 0 Å². The van der Waals surface area contributed by atoms with Crippen LogP contribution in [0, 0.1) is 0 Å². The number of carbonyl (C=O) groups is 2. The zero-order valence-corrected chi connectivity index (χ0v) is 19.0. The van der Waals surface area contributed by atoms with E-state index < -0.39 is 11.8 Å². The lowest BCUT2D eigenvalue weighted by Crippen LogP contribution is -2.32. The van der Waals surface area contributed by atoms with Gasteiger partial charge in [-0.3, -0.25) is 9.59 Å². The summed E-state index contributed by atoms with van der Waals surface area (Å²) in [5.74, 6) is 0.491. The summed E-state index contributed by atoms with van der Waals surface area (Å²) in [4.78, 5) is 28.3. The molecule has 0 atom stereocenters. The first kappa shape index (κ1) is 22.2. The van der Waals surface area contributed by atoms with Crippen molar-refractivity contribution < 1.29 is 23.8 Å². The lowest BCUT2D eigenvalue weighted by Gasteiger charge is -2.16. The van der Waals surface area contributed by atoms with Gasteiger partial charge in [-0.1, -0.05) is 29.8 Å². The molecule has 33 heavy (non-hydrogen) atoms. The number of carbonyl (C=O) groups excluding carboxylic acids is 2. The van der Waals surface area contributed by atoms with Crippen molar-refractivity contribution >= 4 is 40.4 Å². The molecule has 3 aromatic rings. The maximum Gasteiger partial charge on any atom is 0.282 e. The van der Waals surface area contributed by atoms with Crippen molar-refractivity contribution in [3.63, 3.8) is 0 Å². The summed E-state index contributed by atoms with van der Waals surface area (Å²) in [7, 11) is 4.57. The summed E-state index contributed by atoms with van der Waals surface area (Å²) in [6.07, 6.45) is 0. The van der Waals surface area contributed by atoms with Crippen molar-refractivity contribution in [3.05, 3.63) is 83.0 Å².